The Morgan fingerprint density at radius 2 is 2.11 bits per heavy atom. The quantitative estimate of drug-likeness (QED) is 0.669. The van der Waals surface area contributed by atoms with E-state index in [1.807, 2.05) is 12.1 Å². The van der Waals surface area contributed by atoms with Crippen LogP contribution in [0.5, 0.6) is 0 Å². The third-order valence-electron chi connectivity index (χ3n) is 4.27. The van der Waals surface area contributed by atoms with Gasteiger partial charge in [0, 0.05) is 37.3 Å². The highest BCUT2D eigenvalue weighted by atomic mass is 35.5. The van der Waals surface area contributed by atoms with Crippen LogP contribution >= 0.6 is 11.6 Å². The van der Waals surface area contributed by atoms with Crippen LogP contribution < -0.4 is 5.32 Å². The van der Waals surface area contributed by atoms with E-state index < -0.39 is 6.10 Å². The molecule has 2 heterocycles. The largest absolute Gasteiger partial charge is 0.396 e. The van der Waals surface area contributed by atoms with Crippen LogP contribution in [-0.4, -0.2) is 62.5 Å². The van der Waals surface area contributed by atoms with Crippen molar-refractivity contribution >= 4 is 23.4 Å². The molecule has 0 aliphatic carbocycles. The standard InChI is InChI=1S/C18H21ClN4O4/c19-13-4-2-12(3-5-13)10-22(6-1-7-24)18(27)15-8-16-17(26)20-9-14(25)11-23(16)21-15/h2-5,8,14,24-25H,1,6-7,9-11H2,(H,20,26). The minimum absolute atomic E-state index is 0.0430. The molecule has 2 aromatic rings. The average Bonchev–Trinajstić information content (AvgIpc) is 3.02. The molecule has 1 unspecified atom stereocenters. The first-order chi connectivity index (χ1) is 13.0. The first-order valence-corrected chi connectivity index (χ1v) is 9.04. The molecule has 3 rings (SSSR count). The molecule has 0 bridgehead atoms. The fourth-order valence-electron chi connectivity index (χ4n) is 2.89. The van der Waals surface area contributed by atoms with Gasteiger partial charge in [0.1, 0.15) is 5.69 Å². The smallest absolute Gasteiger partial charge is 0.274 e. The third-order valence-corrected chi connectivity index (χ3v) is 4.53. The fraction of sp³-hybridized carbons (Fsp3) is 0.389. The molecule has 1 aromatic carbocycles. The molecule has 0 radical (unpaired) electrons. The van der Waals surface area contributed by atoms with Gasteiger partial charge < -0.3 is 20.4 Å². The number of aliphatic hydroxyl groups excluding tert-OH is 2. The molecule has 1 aromatic heterocycles. The molecular weight excluding hydrogens is 372 g/mol. The van der Waals surface area contributed by atoms with E-state index in [-0.39, 0.29) is 42.9 Å². The summed E-state index contributed by atoms with van der Waals surface area (Å²) in [5.41, 5.74) is 1.25. The van der Waals surface area contributed by atoms with Gasteiger partial charge in [0.05, 0.1) is 12.6 Å². The zero-order valence-electron chi connectivity index (χ0n) is 14.6. The Morgan fingerprint density at radius 3 is 2.81 bits per heavy atom. The predicted octanol–water partition coefficient (Wildman–Crippen LogP) is 0.666. The number of benzene rings is 1. The first kappa shape index (κ1) is 19.3. The van der Waals surface area contributed by atoms with Gasteiger partial charge in [-0.1, -0.05) is 23.7 Å². The van der Waals surface area contributed by atoms with Gasteiger partial charge in [-0.3, -0.25) is 14.3 Å². The molecule has 0 fully saturated rings. The second-order valence-corrected chi connectivity index (χ2v) is 6.83. The van der Waals surface area contributed by atoms with Crippen LogP contribution in [0, 0.1) is 0 Å². The molecule has 8 nitrogen and oxygen atoms in total. The normalized spacial score (nSPS) is 16.4. The maximum atomic E-state index is 13.0. The van der Waals surface area contributed by atoms with Gasteiger partial charge in [0.25, 0.3) is 11.8 Å². The van der Waals surface area contributed by atoms with Gasteiger partial charge in [-0.25, -0.2) is 0 Å². The van der Waals surface area contributed by atoms with Gasteiger partial charge in [-0.05, 0) is 24.1 Å². The number of β-amino-alcohol motifs (C(OH)–C–C–N with tert-alkyl or cyclic N) is 1. The molecular formula is C18H21ClN4O4. The monoisotopic (exact) mass is 392 g/mol. The number of halogens is 1. The zero-order valence-corrected chi connectivity index (χ0v) is 15.4. The zero-order chi connectivity index (χ0) is 19.4. The van der Waals surface area contributed by atoms with Crippen LogP contribution in [-0.2, 0) is 13.1 Å². The van der Waals surface area contributed by atoms with E-state index in [1.54, 1.807) is 17.0 Å². The topological polar surface area (TPSA) is 108 Å². The molecule has 0 spiro atoms. The summed E-state index contributed by atoms with van der Waals surface area (Å²) in [6.45, 7) is 0.903. The van der Waals surface area contributed by atoms with E-state index in [9.17, 15) is 14.7 Å². The fourth-order valence-corrected chi connectivity index (χ4v) is 3.02. The molecule has 1 atom stereocenters. The number of carbonyl (C=O) groups is 2. The Labute approximate surface area is 161 Å². The number of rotatable bonds is 6. The molecule has 1 aliphatic rings. The number of amides is 2. The van der Waals surface area contributed by atoms with Gasteiger partial charge >= 0.3 is 0 Å². The van der Waals surface area contributed by atoms with E-state index >= 15 is 0 Å². The van der Waals surface area contributed by atoms with Crippen LogP contribution in [0.1, 0.15) is 33.0 Å². The SMILES string of the molecule is O=C1NCC(O)Cn2nc(C(=O)N(CCCO)Cc3ccc(Cl)cc3)cc21. The van der Waals surface area contributed by atoms with Crippen molar-refractivity contribution in [2.75, 3.05) is 19.7 Å². The average molecular weight is 393 g/mol. The Hall–Kier alpha value is -2.42. The number of aliphatic hydroxyl groups is 2. The van der Waals surface area contributed by atoms with Crippen molar-refractivity contribution in [3.63, 3.8) is 0 Å². The van der Waals surface area contributed by atoms with Crippen LogP contribution in [0.15, 0.2) is 30.3 Å². The molecule has 1 aliphatic heterocycles. The Balaban J connectivity index is 1.83. The second kappa shape index (κ2) is 8.51. The van der Waals surface area contributed by atoms with Crippen molar-refractivity contribution in [3.8, 4) is 0 Å². The van der Waals surface area contributed by atoms with Crippen LogP contribution in [0.3, 0.4) is 0 Å². The number of carbonyl (C=O) groups excluding carboxylic acids is 2. The number of nitrogens with zero attached hydrogens (tertiary/aromatic N) is 3. The van der Waals surface area contributed by atoms with Crippen molar-refractivity contribution in [2.24, 2.45) is 0 Å². The summed E-state index contributed by atoms with van der Waals surface area (Å²) in [6, 6.07) is 8.58. The van der Waals surface area contributed by atoms with E-state index in [0.29, 0.717) is 24.5 Å². The number of hydrogen-bond acceptors (Lipinski definition) is 5. The minimum atomic E-state index is -0.766. The van der Waals surface area contributed by atoms with Gasteiger partial charge in [0.15, 0.2) is 5.69 Å². The number of aromatic nitrogens is 2. The molecule has 0 saturated heterocycles. The lowest BCUT2D eigenvalue weighted by molar-refractivity contribution is 0.0723. The predicted molar refractivity (Wildman–Crippen MR) is 98.5 cm³/mol. The Bertz CT molecular complexity index is 821. The first-order valence-electron chi connectivity index (χ1n) is 8.66. The van der Waals surface area contributed by atoms with Crippen molar-refractivity contribution in [1.82, 2.24) is 20.0 Å². The van der Waals surface area contributed by atoms with Crippen molar-refractivity contribution in [2.45, 2.75) is 25.6 Å². The molecule has 144 valence electrons. The van der Waals surface area contributed by atoms with Crippen LogP contribution in [0.4, 0.5) is 0 Å². The van der Waals surface area contributed by atoms with Gasteiger partial charge in [-0.2, -0.15) is 5.10 Å². The molecule has 2 amide bonds. The number of fused-ring (bicyclic) bond motifs is 1. The molecule has 27 heavy (non-hydrogen) atoms. The summed E-state index contributed by atoms with van der Waals surface area (Å²) < 4.78 is 1.35. The molecule has 0 saturated carbocycles. The summed E-state index contributed by atoms with van der Waals surface area (Å²) in [5, 5.41) is 26.4. The van der Waals surface area contributed by atoms with Crippen molar-refractivity contribution in [1.29, 1.82) is 0 Å². The molecule has 3 N–H and O–H groups in total. The van der Waals surface area contributed by atoms with E-state index in [1.165, 1.54) is 10.7 Å². The van der Waals surface area contributed by atoms with Crippen LogP contribution in [0.2, 0.25) is 5.02 Å². The summed E-state index contributed by atoms with van der Waals surface area (Å²) in [5.74, 6) is -0.723. The van der Waals surface area contributed by atoms with E-state index in [4.69, 9.17) is 16.7 Å². The lowest BCUT2D eigenvalue weighted by Crippen LogP contribution is -2.33. The molecule has 9 heteroatoms. The second-order valence-electron chi connectivity index (χ2n) is 6.39. The number of hydrogen-bond donors (Lipinski definition) is 3. The lowest BCUT2D eigenvalue weighted by atomic mass is 10.2. The minimum Gasteiger partial charge on any atom is -0.396 e. The van der Waals surface area contributed by atoms with Crippen molar-refractivity contribution in [3.05, 3.63) is 52.3 Å². The third kappa shape index (κ3) is 4.65. The summed E-state index contributed by atoms with van der Waals surface area (Å²) in [4.78, 5) is 26.6. The van der Waals surface area contributed by atoms with E-state index in [0.717, 1.165) is 5.56 Å². The Kier molecular flexibility index (Phi) is 6.10. The summed E-state index contributed by atoms with van der Waals surface area (Å²) in [7, 11) is 0. The highest BCUT2D eigenvalue weighted by Crippen LogP contribution is 2.15. The van der Waals surface area contributed by atoms with Crippen molar-refractivity contribution < 1.29 is 19.8 Å². The summed E-state index contributed by atoms with van der Waals surface area (Å²) >= 11 is 5.90. The van der Waals surface area contributed by atoms with Crippen LogP contribution in [0.25, 0.3) is 0 Å². The highest BCUT2D eigenvalue weighted by molar-refractivity contribution is 6.30. The highest BCUT2D eigenvalue weighted by Gasteiger charge is 2.26. The maximum absolute atomic E-state index is 13.0. The lowest BCUT2D eigenvalue weighted by Gasteiger charge is -2.21. The van der Waals surface area contributed by atoms with Gasteiger partial charge in [-0.15, -0.1) is 0 Å². The van der Waals surface area contributed by atoms with Gasteiger partial charge in [0.2, 0.25) is 0 Å². The maximum Gasteiger partial charge on any atom is 0.274 e. The summed E-state index contributed by atoms with van der Waals surface area (Å²) in [6.07, 6.45) is -0.343. The Morgan fingerprint density at radius 1 is 1.37 bits per heavy atom. The van der Waals surface area contributed by atoms with E-state index in [2.05, 4.69) is 10.4 Å². The number of nitrogens with one attached hydrogen (secondary N) is 1.